The molecule has 8 heteroatoms. The first-order chi connectivity index (χ1) is 9.08. The molecule has 0 unspecified atom stereocenters. The van der Waals surface area contributed by atoms with Gasteiger partial charge >= 0.3 is 0 Å². The molecule has 5 nitrogen and oxygen atoms in total. The number of H-pyrrole nitrogens is 1. The van der Waals surface area contributed by atoms with Crippen molar-refractivity contribution >= 4 is 39.3 Å². The van der Waals surface area contributed by atoms with Crippen LogP contribution in [0.25, 0.3) is 0 Å². The second-order valence-electron chi connectivity index (χ2n) is 3.69. The molecular weight excluding hydrogens is 352 g/mol. The Kier molecular flexibility index (Phi) is 4.95. The van der Waals surface area contributed by atoms with Gasteiger partial charge in [0.2, 0.25) is 5.28 Å². The fourth-order valence-corrected chi connectivity index (χ4v) is 2.81. The molecule has 0 bridgehead atoms. The number of nitrogens with zero attached hydrogens (tertiary/aromatic N) is 3. The van der Waals surface area contributed by atoms with Crippen LogP contribution in [0.1, 0.15) is 19.0 Å². The van der Waals surface area contributed by atoms with E-state index in [9.17, 15) is 4.79 Å². The lowest BCUT2D eigenvalue weighted by atomic mass is 10.2. The molecule has 0 saturated heterocycles. The van der Waals surface area contributed by atoms with Crippen LogP contribution >= 0.6 is 39.3 Å². The van der Waals surface area contributed by atoms with Crippen LogP contribution in [0.15, 0.2) is 31.7 Å². The van der Waals surface area contributed by atoms with Gasteiger partial charge in [-0.3, -0.25) is 4.79 Å². The average Bonchev–Trinajstić information content (AvgIpc) is 2.33. The minimum atomic E-state index is -0.169. The van der Waals surface area contributed by atoms with Gasteiger partial charge in [-0.25, -0.2) is 15.0 Å². The fraction of sp³-hybridized carbons (Fsp3) is 0.273. The molecule has 2 aromatic heterocycles. The van der Waals surface area contributed by atoms with Crippen molar-refractivity contribution < 1.29 is 0 Å². The lowest BCUT2D eigenvalue weighted by Crippen LogP contribution is -2.10. The smallest absolute Gasteiger partial charge is 0.251 e. The van der Waals surface area contributed by atoms with Gasteiger partial charge in [-0.1, -0.05) is 13.3 Å². The largest absolute Gasteiger partial charge is 0.301 e. The Hall–Kier alpha value is -0.920. The van der Waals surface area contributed by atoms with E-state index in [1.54, 1.807) is 6.20 Å². The molecular formula is C11H10BrClN4OS. The van der Waals surface area contributed by atoms with Crippen LogP contribution < -0.4 is 5.56 Å². The first-order valence-corrected chi connectivity index (χ1v) is 7.53. The molecule has 0 aliphatic carbocycles. The van der Waals surface area contributed by atoms with Gasteiger partial charge in [-0.15, -0.1) is 0 Å². The number of aromatic amines is 1. The molecule has 2 heterocycles. The zero-order chi connectivity index (χ0) is 13.8. The number of hydrogen-bond acceptors (Lipinski definition) is 5. The topological polar surface area (TPSA) is 71.5 Å². The predicted octanol–water partition coefficient (Wildman–Crippen LogP) is 3.08. The van der Waals surface area contributed by atoms with Crippen LogP contribution in [-0.2, 0) is 6.42 Å². The van der Waals surface area contributed by atoms with Crippen LogP contribution in [-0.4, -0.2) is 19.9 Å². The molecule has 0 aliphatic heterocycles. The summed E-state index contributed by atoms with van der Waals surface area (Å²) in [7, 11) is 0. The Bertz CT molecular complexity index is 649. The summed E-state index contributed by atoms with van der Waals surface area (Å²) in [5.74, 6) is 0. The van der Waals surface area contributed by atoms with Gasteiger partial charge in [-0.2, -0.15) is 0 Å². The van der Waals surface area contributed by atoms with Gasteiger partial charge in [-0.05, 0) is 45.7 Å². The van der Waals surface area contributed by atoms with Gasteiger partial charge in [0, 0.05) is 18.0 Å². The normalized spacial score (nSPS) is 10.7. The Morgan fingerprint density at radius 3 is 3.00 bits per heavy atom. The molecule has 0 fully saturated rings. The van der Waals surface area contributed by atoms with Crippen molar-refractivity contribution in [2.24, 2.45) is 0 Å². The first kappa shape index (κ1) is 14.5. The summed E-state index contributed by atoms with van der Waals surface area (Å²) in [5, 5.41) is 1.25. The summed E-state index contributed by atoms with van der Waals surface area (Å²) in [4.78, 5) is 26.5. The highest BCUT2D eigenvalue weighted by Crippen LogP contribution is 2.29. The van der Waals surface area contributed by atoms with Gasteiger partial charge in [0.25, 0.3) is 5.56 Å². The summed E-state index contributed by atoms with van der Waals surface area (Å²) >= 11 is 10.3. The maximum Gasteiger partial charge on any atom is 0.251 e. The number of halogens is 2. The third-order valence-electron chi connectivity index (χ3n) is 2.16. The Morgan fingerprint density at radius 2 is 2.26 bits per heavy atom. The van der Waals surface area contributed by atoms with E-state index in [2.05, 4.69) is 35.9 Å². The first-order valence-electron chi connectivity index (χ1n) is 5.54. The second kappa shape index (κ2) is 6.49. The van der Waals surface area contributed by atoms with Crippen LogP contribution in [0, 0.1) is 0 Å². The summed E-state index contributed by atoms with van der Waals surface area (Å²) in [6.45, 7) is 2.04. The Balaban J connectivity index is 2.32. The van der Waals surface area contributed by atoms with E-state index in [0.29, 0.717) is 14.7 Å². The van der Waals surface area contributed by atoms with Crippen LogP contribution in [0.3, 0.4) is 0 Å². The standard InChI is InChI=1S/C11H10BrClN4OS/c1-2-3-6-4-8(18)16-11(15-6)19-9-7(12)5-14-10(13)17-9/h4-5H,2-3H2,1H3,(H,15,16,18). The average molecular weight is 362 g/mol. The molecule has 0 amide bonds. The Labute approximate surface area is 127 Å². The number of hydrogen-bond donors (Lipinski definition) is 1. The van der Waals surface area contributed by atoms with Crippen molar-refractivity contribution in [1.82, 2.24) is 19.9 Å². The molecule has 100 valence electrons. The maximum atomic E-state index is 11.5. The molecule has 2 aromatic rings. The molecule has 0 spiro atoms. The van der Waals surface area contributed by atoms with Gasteiger partial charge in [0.1, 0.15) is 5.03 Å². The van der Waals surface area contributed by atoms with Crippen LogP contribution in [0.4, 0.5) is 0 Å². The second-order valence-corrected chi connectivity index (χ2v) is 5.86. The van der Waals surface area contributed by atoms with Crippen molar-refractivity contribution in [2.75, 3.05) is 0 Å². The van der Waals surface area contributed by atoms with Crippen molar-refractivity contribution in [3.05, 3.63) is 38.1 Å². The van der Waals surface area contributed by atoms with E-state index >= 15 is 0 Å². The van der Waals surface area contributed by atoms with Crippen LogP contribution in [0.2, 0.25) is 5.28 Å². The lowest BCUT2D eigenvalue weighted by Gasteiger charge is -2.04. The highest BCUT2D eigenvalue weighted by molar-refractivity contribution is 9.10. The number of nitrogens with one attached hydrogen (secondary N) is 1. The molecule has 0 radical (unpaired) electrons. The third kappa shape index (κ3) is 4.02. The third-order valence-corrected chi connectivity index (χ3v) is 4.07. The summed E-state index contributed by atoms with van der Waals surface area (Å²) in [6.07, 6.45) is 3.26. The zero-order valence-electron chi connectivity index (χ0n) is 9.98. The maximum absolute atomic E-state index is 11.5. The molecule has 0 aliphatic rings. The van der Waals surface area contributed by atoms with Crippen molar-refractivity contribution in [1.29, 1.82) is 0 Å². The number of rotatable bonds is 4. The van der Waals surface area contributed by atoms with Crippen molar-refractivity contribution in [3.63, 3.8) is 0 Å². The summed E-state index contributed by atoms with van der Waals surface area (Å²) in [5.41, 5.74) is 0.599. The molecule has 0 atom stereocenters. The van der Waals surface area contributed by atoms with Crippen molar-refractivity contribution in [3.8, 4) is 0 Å². The van der Waals surface area contributed by atoms with E-state index in [-0.39, 0.29) is 10.8 Å². The zero-order valence-corrected chi connectivity index (χ0v) is 13.1. The highest BCUT2D eigenvalue weighted by Gasteiger charge is 2.09. The summed E-state index contributed by atoms with van der Waals surface area (Å²) in [6, 6.07) is 1.51. The molecule has 1 N–H and O–H groups in total. The summed E-state index contributed by atoms with van der Waals surface area (Å²) < 4.78 is 0.699. The monoisotopic (exact) mass is 360 g/mol. The van der Waals surface area contributed by atoms with Gasteiger partial charge in [0.15, 0.2) is 5.16 Å². The fourth-order valence-electron chi connectivity index (χ4n) is 1.41. The van der Waals surface area contributed by atoms with Gasteiger partial charge < -0.3 is 4.98 Å². The number of aromatic nitrogens is 4. The molecule has 0 saturated carbocycles. The van der Waals surface area contributed by atoms with E-state index in [1.807, 2.05) is 6.92 Å². The van der Waals surface area contributed by atoms with Crippen LogP contribution in [0.5, 0.6) is 0 Å². The minimum Gasteiger partial charge on any atom is -0.301 e. The SMILES string of the molecule is CCCc1cc(=O)[nH]c(Sc2nc(Cl)ncc2Br)n1. The van der Waals surface area contributed by atoms with E-state index in [4.69, 9.17) is 11.6 Å². The minimum absolute atomic E-state index is 0.151. The van der Waals surface area contributed by atoms with Gasteiger partial charge in [0.05, 0.1) is 4.47 Å². The highest BCUT2D eigenvalue weighted by atomic mass is 79.9. The van der Waals surface area contributed by atoms with E-state index in [1.165, 1.54) is 17.8 Å². The van der Waals surface area contributed by atoms with E-state index < -0.39 is 0 Å². The lowest BCUT2D eigenvalue weighted by molar-refractivity contribution is 0.814. The number of aryl methyl sites for hydroxylation is 1. The predicted molar refractivity (Wildman–Crippen MR) is 77.7 cm³/mol. The molecule has 2 rings (SSSR count). The molecule has 19 heavy (non-hydrogen) atoms. The van der Waals surface area contributed by atoms with Crippen molar-refractivity contribution in [2.45, 2.75) is 29.9 Å². The quantitative estimate of drug-likeness (QED) is 0.669. The molecule has 0 aromatic carbocycles. The van der Waals surface area contributed by atoms with E-state index in [0.717, 1.165) is 18.5 Å². The Morgan fingerprint density at radius 1 is 1.47 bits per heavy atom.